The third-order valence-corrected chi connectivity index (χ3v) is 7.87. The molecule has 0 bridgehead atoms. The standard InChI is InChI=1S/C27H30N4O6S/c1-4-28-27(33)21(3)29(18-22-11-9-8-10-20(22)2)26(32)19-30(23-14-16-24(17-15-23)31(34)35)38(36,37)25-12-6-5-7-13-25/h5-17,21H,4,18-19H2,1-3H3,(H,28,33). The summed E-state index contributed by atoms with van der Waals surface area (Å²) >= 11 is 0. The maximum absolute atomic E-state index is 13.8. The first-order chi connectivity index (χ1) is 18.1. The molecule has 0 aliphatic carbocycles. The van der Waals surface area contributed by atoms with Crippen molar-refractivity contribution in [3.05, 3.63) is 100 Å². The van der Waals surface area contributed by atoms with Gasteiger partial charge in [0.15, 0.2) is 0 Å². The van der Waals surface area contributed by atoms with Crippen LogP contribution in [0, 0.1) is 17.0 Å². The molecule has 3 rings (SSSR count). The number of benzene rings is 3. The van der Waals surface area contributed by atoms with E-state index in [2.05, 4.69) is 5.32 Å². The number of rotatable bonds is 11. The Bertz CT molecular complexity index is 1390. The molecule has 3 aromatic rings. The van der Waals surface area contributed by atoms with Crippen molar-refractivity contribution in [2.45, 2.75) is 38.3 Å². The fourth-order valence-electron chi connectivity index (χ4n) is 3.86. The molecule has 11 heteroatoms. The maximum atomic E-state index is 13.8. The van der Waals surface area contributed by atoms with Gasteiger partial charge in [0, 0.05) is 25.2 Å². The molecule has 0 aromatic heterocycles. The lowest BCUT2D eigenvalue weighted by molar-refractivity contribution is -0.384. The molecule has 3 aromatic carbocycles. The minimum atomic E-state index is -4.24. The first kappa shape index (κ1) is 28.3. The number of nitro groups is 1. The van der Waals surface area contributed by atoms with Crippen LogP contribution in [0.1, 0.15) is 25.0 Å². The van der Waals surface area contributed by atoms with Gasteiger partial charge in [-0.2, -0.15) is 0 Å². The molecule has 10 nitrogen and oxygen atoms in total. The summed E-state index contributed by atoms with van der Waals surface area (Å²) in [6, 6.07) is 19.0. The summed E-state index contributed by atoms with van der Waals surface area (Å²) in [7, 11) is -4.24. The van der Waals surface area contributed by atoms with Crippen molar-refractivity contribution >= 4 is 33.2 Å². The Morgan fingerprint density at radius 1 is 0.974 bits per heavy atom. The number of nitrogens with one attached hydrogen (secondary N) is 1. The van der Waals surface area contributed by atoms with E-state index in [-0.39, 0.29) is 28.7 Å². The molecule has 2 amide bonds. The van der Waals surface area contributed by atoms with Crippen LogP contribution < -0.4 is 9.62 Å². The Labute approximate surface area is 222 Å². The van der Waals surface area contributed by atoms with Gasteiger partial charge in [-0.15, -0.1) is 0 Å². The number of carbonyl (C=O) groups excluding carboxylic acids is 2. The normalized spacial score (nSPS) is 11.9. The van der Waals surface area contributed by atoms with Gasteiger partial charge in [-0.1, -0.05) is 42.5 Å². The van der Waals surface area contributed by atoms with Gasteiger partial charge in [0.25, 0.3) is 15.7 Å². The Morgan fingerprint density at radius 2 is 1.58 bits per heavy atom. The predicted molar refractivity (Wildman–Crippen MR) is 144 cm³/mol. The predicted octanol–water partition coefficient (Wildman–Crippen LogP) is 3.65. The van der Waals surface area contributed by atoms with E-state index in [9.17, 15) is 28.1 Å². The van der Waals surface area contributed by atoms with Gasteiger partial charge in [-0.25, -0.2) is 8.42 Å². The summed E-state index contributed by atoms with van der Waals surface area (Å²) in [6.45, 7) is 5.07. The minimum absolute atomic E-state index is 0.0478. The zero-order valence-electron chi connectivity index (χ0n) is 21.4. The first-order valence-electron chi connectivity index (χ1n) is 12.0. The van der Waals surface area contributed by atoms with Crippen LogP contribution >= 0.6 is 0 Å². The van der Waals surface area contributed by atoms with E-state index in [4.69, 9.17) is 0 Å². The summed E-state index contributed by atoms with van der Waals surface area (Å²) in [5.74, 6) is -0.980. The van der Waals surface area contributed by atoms with Crippen molar-refractivity contribution in [2.75, 3.05) is 17.4 Å². The van der Waals surface area contributed by atoms with Crippen LogP contribution in [-0.4, -0.2) is 49.2 Å². The summed E-state index contributed by atoms with van der Waals surface area (Å²) in [4.78, 5) is 38.3. The number of nitro benzene ring substituents is 1. The molecule has 200 valence electrons. The number of hydrogen-bond donors (Lipinski definition) is 1. The molecule has 1 unspecified atom stereocenters. The summed E-state index contributed by atoms with van der Waals surface area (Å²) < 4.78 is 28.2. The van der Waals surface area contributed by atoms with Crippen LogP contribution in [0.3, 0.4) is 0 Å². The van der Waals surface area contributed by atoms with Crippen LogP contribution in [0.25, 0.3) is 0 Å². The van der Waals surface area contributed by atoms with Gasteiger partial charge in [-0.3, -0.25) is 24.0 Å². The number of anilines is 1. The fourth-order valence-corrected chi connectivity index (χ4v) is 5.30. The molecule has 1 atom stereocenters. The molecule has 0 fully saturated rings. The van der Waals surface area contributed by atoms with E-state index >= 15 is 0 Å². The molecular weight excluding hydrogens is 508 g/mol. The molecule has 0 heterocycles. The number of sulfonamides is 1. The quantitative estimate of drug-likeness (QED) is 0.293. The summed E-state index contributed by atoms with van der Waals surface area (Å²) in [5, 5.41) is 13.8. The number of nitrogens with zero attached hydrogens (tertiary/aromatic N) is 3. The zero-order valence-corrected chi connectivity index (χ0v) is 22.2. The Balaban J connectivity index is 2.05. The highest BCUT2D eigenvalue weighted by Gasteiger charge is 2.32. The van der Waals surface area contributed by atoms with Crippen molar-refractivity contribution < 1.29 is 22.9 Å². The number of non-ortho nitro benzene ring substituents is 1. The Morgan fingerprint density at radius 3 is 2.16 bits per heavy atom. The molecule has 38 heavy (non-hydrogen) atoms. The van der Waals surface area contributed by atoms with Crippen LogP contribution in [0.5, 0.6) is 0 Å². The van der Waals surface area contributed by atoms with Crippen LogP contribution in [-0.2, 0) is 26.2 Å². The maximum Gasteiger partial charge on any atom is 0.269 e. The number of amides is 2. The largest absolute Gasteiger partial charge is 0.355 e. The Hall–Kier alpha value is -4.25. The third kappa shape index (κ3) is 6.54. The SMILES string of the molecule is CCNC(=O)C(C)N(Cc1ccccc1C)C(=O)CN(c1ccc([N+](=O)[O-])cc1)S(=O)(=O)c1ccccc1. The third-order valence-electron chi connectivity index (χ3n) is 6.08. The summed E-state index contributed by atoms with van der Waals surface area (Å²) in [5.41, 5.74) is 1.58. The monoisotopic (exact) mass is 538 g/mol. The van der Waals surface area contributed by atoms with Gasteiger partial charge in [0.2, 0.25) is 11.8 Å². The highest BCUT2D eigenvalue weighted by atomic mass is 32.2. The van der Waals surface area contributed by atoms with E-state index < -0.39 is 33.4 Å². The van der Waals surface area contributed by atoms with Gasteiger partial charge in [-0.05, 0) is 56.2 Å². The minimum Gasteiger partial charge on any atom is -0.355 e. The average Bonchev–Trinajstić information content (AvgIpc) is 2.91. The van der Waals surface area contributed by atoms with Gasteiger partial charge in [0.05, 0.1) is 15.5 Å². The Kier molecular flexibility index (Phi) is 9.19. The molecule has 0 saturated heterocycles. The zero-order chi connectivity index (χ0) is 27.9. The van der Waals surface area contributed by atoms with Crippen LogP contribution in [0.15, 0.2) is 83.8 Å². The van der Waals surface area contributed by atoms with Gasteiger partial charge < -0.3 is 10.2 Å². The van der Waals surface area contributed by atoms with E-state index in [1.807, 2.05) is 31.2 Å². The smallest absolute Gasteiger partial charge is 0.269 e. The molecule has 0 aliphatic heterocycles. The van der Waals surface area contributed by atoms with Gasteiger partial charge in [0.1, 0.15) is 12.6 Å². The second-order valence-electron chi connectivity index (χ2n) is 8.62. The van der Waals surface area contributed by atoms with Crippen molar-refractivity contribution in [2.24, 2.45) is 0 Å². The van der Waals surface area contributed by atoms with Crippen molar-refractivity contribution in [1.29, 1.82) is 0 Å². The summed E-state index contributed by atoms with van der Waals surface area (Å²) in [6.07, 6.45) is 0. The molecular formula is C27H30N4O6S. The van der Waals surface area contributed by atoms with Crippen molar-refractivity contribution in [3.8, 4) is 0 Å². The molecule has 1 N–H and O–H groups in total. The molecule has 0 saturated carbocycles. The fraction of sp³-hybridized carbons (Fsp3) is 0.259. The molecule has 0 aliphatic rings. The highest BCUT2D eigenvalue weighted by molar-refractivity contribution is 7.92. The number of likely N-dealkylation sites (N-methyl/N-ethyl adjacent to an activating group) is 1. The number of carbonyl (C=O) groups is 2. The highest BCUT2D eigenvalue weighted by Crippen LogP contribution is 2.26. The van der Waals surface area contributed by atoms with Crippen molar-refractivity contribution in [1.82, 2.24) is 10.2 Å². The number of aryl methyl sites for hydroxylation is 1. The second-order valence-corrected chi connectivity index (χ2v) is 10.5. The van der Waals surface area contributed by atoms with E-state index in [0.29, 0.717) is 6.54 Å². The second kappa shape index (κ2) is 12.3. The average molecular weight is 539 g/mol. The van der Waals surface area contributed by atoms with Crippen LogP contribution in [0.4, 0.5) is 11.4 Å². The van der Waals surface area contributed by atoms with E-state index in [1.54, 1.807) is 32.0 Å². The topological polar surface area (TPSA) is 130 Å². The van der Waals surface area contributed by atoms with Gasteiger partial charge >= 0.3 is 0 Å². The number of hydrogen-bond acceptors (Lipinski definition) is 6. The lowest BCUT2D eigenvalue weighted by atomic mass is 10.1. The van der Waals surface area contributed by atoms with E-state index in [1.165, 1.54) is 41.3 Å². The first-order valence-corrected chi connectivity index (χ1v) is 13.4. The molecule has 0 spiro atoms. The lowest BCUT2D eigenvalue weighted by Crippen LogP contribution is -2.51. The van der Waals surface area contributed by atoms with E-state index in [0.717, 1.165) is 15.4 Å². The van der Waals surface area contributed by atoms with Crippen molar-refractivity contribution in [3.63, 3.8) is 0 Å². The van der Waals surface area contributed by atoms with Crippen LogP contribution in [0.2, 0.25) is 0 Å². The molecule has 0 radical (unpaired) electrons. The lowest BCUT2D eigenvalue weighted by Gasteiger charge is -2.32.